The van der Waals surface area contributed by atoms with Gasteiger partial charge in [0.1, 0.15) is 12.4 Å². The predicted molar refractivity (Wildman–Crippen MR) is 57.3 cm³/mol. The number of carbonyl (C=O) groups is 1. The smallest absolute Gasteiger partial charge is 0.390 e. The third-order valence-corrected chi connectivity index (χ3v) is 2.26. The van der Waals surface area contributed by atoms with Gasteiger partial charge in [-0.25, -0.2) is 9.63 Å². The van der Waals surface area contributed by atoms with Crippen LogP contribution in [0.25, 0.3) is 0 Å². The van der Waals surface area contributed by atoms with E-state index >= 15 is 0 Å². The van der Waals surface area contributed by atoms with Crippen molar-refractivity contribution in [2.45, 2.75) is 25.8 Å². The van der Waals surface area contributed by atoms with Gasteiger partial charge in [0.05, 0.1) is 6.54 Å². The number of hydrogen-bond acceptors (Lipinski definition) is 5. The van der Waals surface area contributed by atoms with Gasteiger partial charge in [0, 0.05) is 13.5 Å². The summed E-state index contributed by atoms with van der Waals surface area (Å²) in [4.78, 5) is 24.6. The zero-order valence-corrected chi connectivity index (χ0v) is 9.44. The number of rotatable bonds is 6. The van der Waals surface area contributed by atoms with E-state index in [-0.39, 0.29) is 18.3 Å². The molecule has 0 atom stereocenters. The van der Waals surface area contributed by atoms with E-state index in [1.165, 1.54) is 24.0 Å². The Labute approximate surface area is 97.6 Å². The van der Waals surface area contributed by atoms with Gasteiger partial charge >= 0.3 is 5.95 Å². The van der Waals surface area contributed by atoms with Crippen molar-refractivity contribution >= 4 is 11.9 Å². The summed E-state index contributed by atoms with van der Waals surface area (Å²) in [7, 11) is 1.27. The number of amides is 1. The second-order valence-corrected chi connectivity index (χ2v) is 3.55. The van der Waals surface area contributed by atoms with E-state index in [0.29, 0.717) is 24.4 Å². The number of aryl methyl sites for hydroxylation is 1. The molecule has 8 nitrogen and oxygen atoms in total. The molecule has 0 bridgehead atoms. The Morgan fingerprint density at radius 1 is 1.65 bits per heavy atom. The van der Waals surface area contributed by atoms with Crippen molar-refractivity contribution in [1.82, 2.24) is 14.6 Å². The summed E-state index contributed by atoms with van der Waals surface area (Å²) < 4.78 is 1.42. The Balaban J connectivity index is 2.34. The maximum Gasteiger partial charge on any atom is 0.434 e. The minimum Gasteiger partial charge on any atom is -0.390 e. The topological polar surface area (TPSA) is 102 Å². The molecule has 0 saturated heterocycles. The first kappa shape index (κ1) is 13.1. The molecule has 0 aliphatic carbocycles. The summed E-state index contributed by atoms with van der Waals surface area (Å²) in [6.07, 6.45) is 4.27. The second-order valence-electron chi connectivity index (χ2n) is 3.55. The quantitative estimate of drug-likeness (QED) is 0.344. The maximum atomic E-state index is 11.0. The van der Waals surface area contributed by atoms with E-state index in [9.17, 15) is 14.9 Å². The van der Waals surface area contributed by atoms with E-state index < -0.39 is 4.92 Å². The van der Waals surface area contributed by atoms with Gasteiger partial charge in [-0.3, -0.25) is 10.0 Å². The number of hydrogen-bond donors (Lipinski definition) is 1. The van der Waals surface area contributed by atoms with Crippen LogP contribution in [0.4, 0.5) is 5.95 Å². The van der Waals surface area contributed by atoms with Crippen LogP contribution in [0, 0.1) is 10.1 Å². The summed E-state index contributed by atoms with van der Waals surface area (Å²) >= 11 is 0. The average molecular weight is 242 g/mol. The largest absolute Gasteiger partial charge is 0.434 e. The summed E-state index contributed by atoms with van der Waals surface area (Å²) in [6.45, 7) is 0.429. The van der Waals surface area contributed by atoms with E-state index in [4.69, 9.17) is 5.21 Å². The summed E-state index contributed by atoms with van der Waals surface area (Å²) in [5.41, 5.74) is 0. The molecular weight excluding hydrogens is 228 g/mol. The first-order valence-electron chi connectivity index (χ1n) is 5.13. The lowest BCUT2D eigenvalue weighted by molar-refractivity contribution is -0.396. The molecule has 0 saturated carbocycles. The summed E-state index contributed by atoms with van der Waals surface area (Å²) in [6, 6.07) is 0. The number of carbonyl (C=O) groups excluding carboxylic acids is 1. The fourth-order valence-electron chi connectivity index (χ4n) is 1.37. The standard InChI is InChI=1S/C9H14N4O4/c1-11(15)8(14)4-2-3-6-12-7-5-10-9(12)13(16)17/h5,7,15H,2-4,6H2,1H3. The Morgan fingerprint density at radius 3 is 2.94 bits per heavy atom. The van der Waals surface area contributed by atoms with Crippen LogP contribution in [0.15, 0.2) is 12.4 Å². The molecule has 1 N–H and O–H groups in total. The molecule has 8 heteroatoms. The van der Waals surface area contributed by atoms with E-state index in [2.05, 4.69) is 4.98 Å². The van der Waals surface area contributed by atoms with Gasteiger partial charge in [0.15, 0.2) is 0 Å². The molecule has 0 aliphatic rings. The van der Waals surface area contributed by atoms with Crippen LogP contribution >= 0.6 is 0 Å². The number of imidazole rings is 1. The van der Waals surface area contributed by atoms with E-state index in [1.54, 1.807) is 0 Å². The Hall–Kier alpha value is -1.96. The highest BCUT2D eigenvalue weighted by atomic mass is 16.6. The highest BCUT2D eigenvalue weighted by Crippen LogP contribution is 2.09. The molecule has 1 aromatic heterocycles. The molecule has 0 radical (unpaired) electrons. The highest BCUT2D eigenvalue weighted by Gasteiger charge is 2.13. The van der Waals surface area contributed by atoms with Gasteiger partial charge in [-0.2, -0.15) is 0 Å². The SMILES string of the molecule is CN(O)C(=O)CCCCn1ccnc1[N+](=O)[O-]. The molecule has 1 amide bonds. The third kappa shape index (κ3) is 3.83. The Kier molecular flexibility index (Phi) is 4.58. The first-order valence-corrected chi connectivity index (χ1v) is 5.13. The lowest BCUT2D eigenvalue weighted by Crippen LogP contribution is -2.21. The van der Waals surface area contributed by atoms with Crippen molar-refractivity contribution in [3.05, 3.63) is 22.5 Å². The fraction of sp³-hybridized carbons (Fsp3) is 0.556. The molecular formula is C9H14N4O4. The van der Waals surface area contributed by atoms with Gasteiger partial charge < -0.3 is 10.1 Å². The normalized spacial score (nSPS) is 10.2. The molecule has 0 unspecified atom stereocenters. The average Bonchev–Trinajstić information content (AvgIpc) is 2.72. The molecule has 0 aliphatic heterocycles. The number of aromatic nitrogens is 2. The van der Waals surface area contributed by atoms with Crippen molar-refractivity contribution in [2.75, 3.05) is 7.05 Å². The van der Waals surface area contributed by atoms with Gasteiger partial charge in [0.25, 0.3) is 0 Å². The van der Waals surface area contributed by atoms with Gasteiger partial charge in [-0.05, 0) is 17.8 Å². The van der Waals surface area contributed by atoms with Crippen molar-refractivity contribution in [1.29, 1.82) is 0 Å². The highest BCUT2D eigenvalue weighted by molar-refractivity contribution is 5.74. The molecule has 1 rings (SSSR count). The molecule has 1 aromatic rings. The minimum absolute atomic E-state index is 0.199. The molecule has 94 valence electrons. The Bertz CT molecular complexity index is 401. The zero-order chi connectivity index (χ0) is 12.8. The van der Waals surface area contributed by atoms with Crippen molar-refractivity contribution in [3.63, 3.8) is 0 Å². The number of hydroxylamine groups is 2. The number of nitro groups is 1. The molecule has 0 fully saturated rings. The van der Waals surface area contributed by atoms with Crippen molar-refractivity contribution in [3.8, 4) is 0 Å². The summed E-state index contributed by atoms with van der Waals surface area (Å²) in [5.74, 6) is -0.569. The number of unbranched alkanes of at least 4 members (excludes halogenated alkanes) is 1. The van der Waals surface area contributed by atoms with E-state index in [1.807, 2.05) is 0 Å². The molecule has 0 spiro atoms. The van der Waals surface area contributed by atoms with Gasteiger partial charge in [-0.15, -0.1) is 0 Å². The van der Waals surface area contributed by atoms with Crippen LogP contribution in [0.1, 0.15) is 19.3 Å². The van der Waals surface area contributed by atoms with Gasteiger partial charge in [-0.1, -0.05) is 4.98 Å². The molecule has 1 heterocycles. The number of nitrogens with zero attached hydrogens (tertiary/aromatic N) is 4. The Morgan fingerprint density at radius 2 is 2.35 bits per heavy atom. The van der Waals surface area contributed by atoms with Crippen LogP contribution in [-0.2, 0) is 11.3 Å². The van der Waals surface area contributed by atoms with Gasteiger partial charge in [0.2, 0.25) is 5.91 Å². The van der Waals surface area contributed by atoms with Crippen molar-refractivity contribution in [2.24, 2.45) is 0 Å². The molecule has 17 heavy (non-hydrogen) atoms. The van der Waals surface area contributed by atoms with Crippen LogP contribution in [0.2, 0.25) is 0 Å². The third-order valence-electron chi connectivity index (χ3n) is 2.26. The fourth-order valence-corrected chi connectivity index (χ4v) is 1.37. The van der Waals surface area contributed by atoms with Crippen LogP contribution in [-0.4, -0.2) is 37.7 Å². The second kappa shape index (κ2) is 5.94. The lowest BCUT2D eigenvalue weighted by Gasteiger charge is -2.07. The van der Waals surface area contributed by atoms with Crippen LogP contribution in [0.5, 0.6) is 0 Å². The predicted octanol–water partition coefficient (Wildman–Crippen LogP) is 0.809. The van der Waals surface area contributed by atoms with Crippen molar-refractivity contribution < 1.29 is 14.9 Å². The summed E-state index contributed by atoms with van der Waals surface area (Å²) in [5, 5.41) is 19.9. The van der Waals surface area contributed by atoms with E-state index in [0.717, 1.165) is 0 Å². The molecule has 0 aromatic carbocycles. The van der Waals surface area contributed by atoms with Crippen LogP contribution < -0.4 is 0 Å². The monoisotopic (exact) mass is 242 g/mol. The first-order chi connectivity index (χ1) is 8.02. The zero-order valence-electron chi connectivity index (χ0n) is 9.44. The van der Waals surface area contributed by atoms with Crippen LogP contribution in [0.3, 0.4) is 0 Å². The minimum atomic E-state index is -0.549. The maximum absolute atomic E-state index is 11.0. The lowest BCUT2D eigenvalue weighted by atomic mass is 10.2.